The Hall–Kier alpha value is -1.04. The van der Waals surface area contributed by atoms with E-state index in [0.717, 1.165) is 19.3 Å². The highest BCUT2D eigenvalue weighted by molar-refractivity contribution is 5.07. The van der Waals surface area contributed by atoms with Gasteiger partial charge in [0.15, 0.2) is 0 Å². The van der Waals surface area contributed by atoms with Crippen molar-refractivity contribution in [3.8, 4) is 0 Å². The van der Waals surface area contributed by atoms with Gasteiger partial charge in [0.05, 0.1) is 0 Å². The van der Waals surface area contributed by atoms with Crippen molar-refractivity contribution in [3.05, 3.63) is 47.6 Å². The molecule has 0 spiro atoms. The van der Waals surface area contributed by atoms with Gasteiger partial charge in [-0.1, -0.05) is 47.9 Å². The number of allylic oxidation sites excluding steroid dienone is 7. The van der Waals surface area contributed by atoms with Crippen molar-refractivity contribution in [1.29, 1.82) is 0 Å². The minimum atomic E-state index is 0.226. The molecule has 114 valence electrons. The van der Waals surface area contributed by atoms with E-state index in [-0.39, 0.29) is 5.41 Å². The third-order valence-electron chi connectivity index (χ3n) is 3.77. The molecule has 0 bridgehead atoms. The fraction of sp³-hybridized carbons (Fsp3) is 0.600. The molecular formula is C20H34. The summed E-state index contributed by atoms with van der Waals surface area (Å²) in [7, 11) is 0. The van der Waals surface area contributed by atoms with Gasteiger partial charge in [0.2, 0.25) is 0 Å². The SMILES string of the molecule is C=CC(C)(C/C=C(\C)CCC=C(C)C)CCC=C(C)C. The Kier molecular flexibility index (Phi) is 9.29. The van der Waals surface area contributed by atoms with Crippen molar-refractivity contribution in [2.24, 2.45) is 5.41 Å². The summed E-state index contributed by atoms with van der Waals surface area (Å²) in [6, 6.07) is 0. The Balaban J connectivity index is 4.36. The molecule has 1 atom stereocenters. The van der Waals surface area contributed by atoms with Gasteiger partial charge < -0.3 is 0 Å². The maximum Gasteiger partial charge on any atom is -0.0112 e. The summed E-state index contributed by atoms with van der Waals surface area (Å²) in [6.45, 7) is 17.3. The summed E-state index contributed by atoms with van der Waals surface area (Å²) in [4.78, 5) is 0. The monoisotopic (exact) mass is 274 g/mol. The predicted octanol–water partition coefficient (Wildman–Crippen LogP) is 7.01. The first kappa shape index (κ1) is 19.0. The first-order valence-electron chi connectivity index (χ1n) is 7.85. The van der Waals surface area contributed by atoms with Gasteiger partial charge in [0.25, 0.3) is 0 Å². The fourth-order valence-electron chi connectivity index (χ4n) is 2.08. The smallest absolute Gasteiger partial charge is 0.0112 e. The maximum atomic E-state index is 4.03. The van der Waals surface area contributed by atoms with Gasteiger partial charge in [-0.15, -0.1) is 6.58 Å². The molecule has 1 unspecified atom stereocenters. The predicted molar refractivity (Wildman–Crippen MR) is 94.0 cm³/mol. The molecule has 0 saturated carbocycles. The zero-order valence-electron chi connectivity index (χ0n) is 14.6. The highest BCUT2D eigenvalue weighted by Crippen LogP contribution is 2.30. The van der Waals surface area contributed by atoms with Crippen LogP contribution in [-0.2, 0) is 0 Å². The summed E-state index contributed by atoms with van der Waals surface area (Å²) in [5.41, 5.74) is 4.54. The van der Waals surface area contributed by atoms with Crippen molar-refractivity contribution in [2.75, 3.05) is 0 Å². The van der Waals surface area contributed by atoms with Crippen LogP contribution in [0.3, 0.4) is 0 Å². The average molecular weight is 274 g/mol. The van der Waals surface area contributed by atoms with Crippen molar-refractivity contribution in [3.63, 3.8) is 0 Å². The molecule has 20 heavy (non-hydrogen) atoms. The first-order valence-corrected chi connectivity index (χ1v) is 7.85. The van der Waals surface area contributed by atoms with Crippen LogP contribution < -0.4 is 0 Å². The molecule has 0 aliphatic rings. The molecule has 0 fully saturated rings. The quantitative estimate of drug-likeness (QED) is 0.397. The van der Waals surface area contributed by atoms with E-state index in [0.29, 0.717) is 0 Å². The zero-order chi connectivity index (χ0) is 15.6. The van der Waals surface area contributed by atoms with Crippen LogP contribution in [0.5, 0.6) is 0 Å². The van der Waals surface area contributed by atoms with Crippen molar-refractivity contribution in [2.45, 2.75) is 73.6 Å². The molecule has 0 saturated heterocycles. The highest BCUT2D eigenvalue weighted by Gasteiger charge is 2.17. The Morgan fingerprint density at radius 3 is 1.95 bits per heavy atom. The molecule has 0 aromatic heterocycles. The van der Waals surface area contributed by atoms with Crippen molar-refractivity contribution in [1.82, 2.24) is 0 Å². The average Bonchev–Trinajstić information content (AvgIpc) is 2.35. The van der Waals surface area contributed by atoms with Gasteiger partial charge in [0, 0.05) is 0 Å². The van der Waals surface area contributed by atoms with E-state index in [1.807, 2.05) is 0 Å². The van der Waals surface area contributed by atoms with E-state index in [1.165, 1.54) is 29.6 Å². The van der Waals surface area contributed by atoms with Crippen LogP contribution in [0.4, 0.5) is 0 Å². The van der Waals surface area contributed by atoms with E-state index in [1.54, 1.807) is 0 Å². The zero-order valence-corrected chi connectivity index (χ0v) is 14.6. The van der Waals surface area contributed by atoms with Crippen molar-refractivity contribution >= 4 is 0 Å². The Morgan fingerprint density at radius 1 is 0.900 bits per heavy atom. The van der Waals surface area contributed by atoms with Crippen LogP contribution in [0, 0.1) is 5.41 Å². The lowest BCUT2D eigenvalue weighted by Gasteiger charge is -2.24. The normalized spacial score (nSPS) is 14.4. The molecular weight excluding hydrogens is 240 g/mol. The third-order valence-corrected chi connectivity index (χ3v) is 3.77. The topological polar surface area (TPSA) is 0 Å². The second kappa shape index (κ2) is 9.80. The molecule has 0 radical (unpaired) electrons. The van der Waals surface area contributed by atoms with E-state index in [9.17, 15) is 0 Å². The lowest BCUT2D eigenvalue weighted by molar-refractivity contribution is 0.400. The molecule has 0 heterocycles. The summed E-state index contributed by atoms with van der Waals surface area (Å²) < 4.78 is 0. The van der Waals surface area contributed by atoms with Crippen LogP contribution in [0.2, 0.25) is 0 Å². The lowest BCUT2D eigenvalue weighted by Crippen LogP contribution is -2.11. The van der Waals surface area contributed by atoms with Crippen LogP contribution in [0.15, 0.2) is 47.6 Å². The van der Waals surface area contributed by atoms with Crippen molar-refractivity contribution < 1.29 is 0 Å². The molecule has 0 rings (SSSR count). The molecule has 0 amide bonds. The standard InChI is InChI=1S/C20H34/c1-8-20(7,15-10-12-18(4)5)16-14-19(6)13-9-11-17(2)3/h8,11-12,14H,1,9-10,13,15-16H2,2-7H3/b19-14+. The first-order chi connectivity index (χ1) is 9.29. The lowest BCUT2D eigenvalue weighted by atomic mass is 9.81. The van der Waals surface area contributed by atoms with Crippen LogP contribution in [0.25, 0.3) is 0 Å². The molecule has 0 aromatic rings. The second-order valence-electron chi connectivity index (χ2n) is 6.75. The Morgan fingerprint density at radius 2 is 1.45 bits per heavy atom. The molecule has 0 aliphatic carbocycles. The molecule has 0 nitrogen and oxygen atoms in total. The number of hydrogen-bond donors (Lipinski definition) is 0. The van der Waals surface area contributed by atoms with E-state index < -0.39 is 0 Å². The molecule has 0 aliphatic heterocycles. The van der Waals surface area contributed by atoms with Gasteiger partial charge in [-0.3, -0.25) is 0 Å². The number of hydrogen-bond acceptors (Lipinski definition) is 0. The third kappa shape index (κ3) is 9.83. The summed E-state index contributed by atoms with van der Waals surface area (Å²) in [5.74, 6) is 0. The summed E-state index contributed by atoms with van der Waals surface area (Å²) >= 11 is 0. The van der Waals surface area contributed by atoms with Crippen LogP contribution in [0.1, 0.15) is 73.6 Å². The summed E-state index contributed by atoms with van der Waals surface area (Å²) in [5, 5.41) is 0. The van der Waals surface area contributed by atoms with E-state index in [2.05, 4.69) is 72.4 Å². The van der Waals surface area contributed by atoms with Gasteiger partial charge >= 0.3 is 0 Å². The number of rotatable bonds is 9. The minimum Gasteiger partial charge on any atom is -0.103 e. The van der Waals surface area contributed by atoms with Gasteiger partial charge in [0.1, 0.15) is 0 Å². The Labute approximate surface area is 127 Å². The molecule has 0 heteroatoms. The van der Waals surface area contributed by atoms with Crippen LogP contribution in [-0.4, -0.2) is 0 Å². The van der Waals surface area contributed by atoms with E-state index >= 15 is 0 Å². The Bertz CT molecular complexity index is 371. The van der Waals surface area contributed by atoms with E-state index in [4.69, 9.17) is 0 Å². The van der Waals surface area contributed by atoms with Gasteiger partial charge in [-0.2, -0.15) is 0 Å². The highest BCUT2D eigenvalue weighted by atomic mass is 14.2. The largest absolute Gasteiger partial charge is 0.103 e. The minimum absolute atomic E-state index is 0.226. The fourth-order valence-corrected chi connectivity index (χ4v) is 2.08. The molecule has 0 N–H and O–H groups in total. The van der Waals surface area contributed by atoms with Gasteiger partial charge in [-0.05, 0) is 72.1 Å². The van der Waals surface area contributed by atoms with Gasteiger partial charge in [-0.25, -0.2) is 0 Å². The second-order valence-corrected chi connectivity index (χ2v) is 6.75. The summed E-state index contributed by atoms with van der Waals surface area (Å²) in [6.07, 6.45) is 14.9. The maximum absolute atomic E-state index is 4.03. The molecule has 0 aromatic carbocycles. The van der Waals surface area contributed by atoms with Crippen LogP contribution >= 0.6 is 0 Å².